The maximum Gasteiger partial charge on any atom is 0.224 e. The number of carbonyl (C=O) groups excluding carboxylic acids is 1. The maximum atomic E-state index is 12.9. The predicted octanol–water partition coefficient (Wildman–Crippen LogP) is 2.68. The highest BCUT2D eigenvalue weighted by Crippen LogP contribution is 2.03. The van der Waals surface area contributed by atoms with E-state index in [-0.39, 0.29) is 11.7 Å². The van der Waals surface area contributed by atoms with Crippen molar-refractivity contribution >= 4 is 5.91 Å². The Bertz CT molecular complexity index is 525. The molecule has 1 amide bonds. The first-order chi connectivity index (χ1) is 8.74. The molecule has 18 heavy (non-hydrogen) atoms. The van der Waals surface area contributed by atoms with E-state index in [1.165, 1.54) is 12.1 Å². The van der Waals surface area contributed by atoms with Gasteiger partial charge in [-0.1, -0.05) is 42.5 Å². The molecule has 3 heteroatoms. The molecule has 0 radical (unpaired) electrons. The minimum atomic E-state index is -0.287. The van der Waals surface area contributed by atoms with Gasteiger partial charge in [-0.2, -0.15) is 0 Å². The van der Waals surface area contributed by atoms with Crippen molar-refractivity contribution in [2.45, 2.75) is 13.0 Å². The van der Waals surface area contributed by atoms with E-state index in [0.29, 0.717) is 13.0 Å². The summed E-state index contributed by atoms with van der Waals surface area (Å²) in [4.78, 5) is 11.7. The molecule has 1 N–H and O–H groups in total. The zero-order chi connectivity index (χ0) is 12.8. The number of benzene rings is 2. The summed E-state index contributed by atoms with van der Waals surface area (Å²) in [6.45, 7) is 0.351. The van der Waals surface area contributed by atoms with Gasteiger partial charge in [0, 0.05) is 6.54 Å². The highest BCUT2D eigenvalue weighted by atomic mass is 19.1. The summed E-state index contributed by atoms with van der Waals surface area (Å²) in [6, 6.07) is 15.7. The van der Waals surface area contributed by atoms with Crippen LogP contribution >= 0.6 is 0 Å². The third-order valence-electron chi connectivity index (χ3n) is 2.59. The molecule has 2 aromatic carbocycles. The minimum absolute atomic E-state index is 0.0644. The fourth-order valence-electron chi connectivity index (χ4n) is 1.69. The van der Waals surface area contributed by atoms with Crippen molar-refractivity contribution in [1.29, 1.82) is 0 Å². The summed E-state index contributed by atoms with van der Waals surface area (Å²) in [5.74, 6) is -0.352. The highest BCUT2D eigenvalue weighted by molar-refractivity contribution is 5.78. The van der Waals surface area contributed by atoms with Gasteiger partial charge in [0.15, 0.2) is 0 Å². The van der Waals surface area contributed by atoms with Crippen molar-refractivity contribution < 1.29 is 9.18 Å². The standard InChI is InChI=1S/C15H14FNO/c16-14-8-4-7-13(9-14)11-17-15(18)10-12-5-2-1-3-6-12/h1-9H,10-11H2,(H,17,18). The first kappa shape index (κ1) is 12.3. The second kappa shape index (κ2) is 5.96. The van der Waals surface area contributed by atoms with Crippen molar-refractivity contribution in [1.82, 2.24) is 5.32 Å². The van der Waals surface area contributed by atoms with Crippen LogP contribution in [-0.4, -0.2) is 5.91 Å². The Morgan fingerprint density at radius 1 is 1.00 bits per heavy atom. The summed E-state index contributed by atoms with van der Waals surface area (Å²) in [5, 5.41) is 2.77. The first-order valence-electron chi connectivity index (χ1n) is 5.79. The number of hydrogen-bond acceptors (Lipinski definition) is 1. The van der Waals surface area contributed by atoms with Crippen molar-refractivity contribution in [3.05, 3.63) is 71.5 Å². The summed E-state index contributed by atoms with van der Waals surface area (Å²) >= 11 is 0. The molecule has 2 aromatic rings. The van der Waals surface area contributed by atoms with Gasteiger partial charge in [-0.05, 0) is 23.3 Å². The fourth-order valence-corrected chi connectivity index (χ4v) is 1.69. The monoisotopic (exact) mass is 243 g/mol. The van der Waals surface area contributed by atoms with Crippen LogP contribution in [0.15, 0.2) is 54.6 Å². The SMILES string of the molecule is O=C(Cc1ccccc1)NCc1cccc(F)c1. The second-order valence-corrected chi connectivity index (χ2v) is 4.07. The molecule has 0 saturated heterocycles. The normalized spacial score (nSPS) is 10.1. The van der Waals surface area contributed by atoms with E-state index in [4.69, 9.17) is 0 Å². The van der Waals surface area contributed by atoms with Crippen LogP contribution in [0.1, 0.15) is 11.1 Å². The number of halogens is 1. The lowest BCUT2D eigenvalue weighted by atomic mass is 10.1. The van der Waals surface area contributed by atoms with Crippen LogP contribution in [-0.2, 0) is 17.8 Å². The van der Waals surface area contributed by atoms with Crippen LogP contribution in [0.2, 0.25) is 0 Å². The number of hydrogen-bond donors (Lipinski definition) is 1. The third-order valence-corrected chi connectivity index (χ3v) is 2.59. The Morgan fingerprint density at radius 3 is 2.44 bits per heavy atom. The van der Waals surface area contributed by atoms with Gasteiger partial charge in [0.2, 0.25) is 5.91 Å². The Labute approximate surface area is 105 Å². The smallest absolute Gasteiger partial charge is 0.224 e. The van der Waals surface area contributed by atoms with E-state index in [9.17, 15) is 9.18 Å². The van der Waals surface area contributed by atoms with Crippen molar-refractivity contribution in [3.8, 4) is 0 Å². The average Bonchev–Trinajstić information content (AvgIpc) is 2.38. The molecular weight excluding hydrogens is 229 g/mol. The molecule has 92 valence electrons. The van der Waals surface area contributed by atoms with Crippen LogP contribution in [0.5, 0.6) is 0 Å². The van der Waals surface area contributed by atoms with Gasteiger partial charge >= 0.3 is 0 Å². The Morgan fingerprint density at radius 2 is 1.72 bits per heavy atom. The van der Waals surface area contributed by atoms with Gasteiger partial charge in [0.25, 0.3) is 0 Å². The number of nitrogens with one attached hydrogen (secondary N) is 1. The predicted molar refractivity (Wildman–Crippen MR) is 68.4 cm³/mol. The number of carbonyl (C=O) groups is 1. The summed E-state index contributed by atoms with van der Waals surface area (Å²) in [7, 11) is 0. The zero-order valence-corrected chi connectivity index (χ0v) is 9.90. The molecule has 0 heterocycles. The first-order valence-corrected chi connectivity index (χ1v) is 5.79. The van der Waals surface area contributed by atoms with E-state index < -0.39 is 0 Å². The molecule has 0 aliphatic heterocycles. The Balaban J connectivity index is 1.85. The van der Waals surface area contributed by atoms with E-state index in [1.54, 1.807) is 12.1 Å². The molecule has 0 fully saturated rings. The lowest BCUT2D eigenvalue weighted by molar-refractivity contribution is -0.120. The van der Waals surface area contributed by atoms with Gasteiger partial charge in [-0.25, -0.2) is 4.39 Å². The maximum absolute atomic E-state index is 12.9. The molecule has 0 aliphatic carbocycles. The molecule has 0 saturated carbocycles. The topological polar surface area (TPSA) is 29.1 Å². The molecule has 0 unspecified atom stereocenters. The van der Waals surface area contributed by atoms with Gasteiger partial charge in [-0.15, -0.1) is 0 Å². The summed E-state index contributed by atoms with van der Waals surface area (Å²) < 4.78 is 12.9. The van der Waals surface area contributed by atoms with E-state index in [1.807, 2.05) is 30.3 Å². The second-order valence-electron chi connectivity index (χ2n) is 4.07. The third kappa shape index (κ3) is 3.70. The lowest BCUT2D eigenvalue weighted by Gasteiger charge is -2.05. The van der Waals surface area contributed by atoms with Crippen LogP contribution < -0.4 is 5.32 Å². The minimum Gasteiger partial charge on any atom is -0.352 e. The van der Waals surface area contributed by atoms with E-state index in [0.717, 1.165) is 11.1 Å². The van der Waals surface area contributed by atoms with Gasteiger partial charge < -0.3 is 5.32 Å². The van der Waals surface area contributed by atoms with Crippen LogP contribution in [0.25, 0.3) is 0 Å². The average molecular weight is 243 g/mol. The number of amides is 1. The molecule has 0 atom stereocenters. The van der Waals surface area contributed by atoms with Gasteiger partial charge in [0.05, 0.1) is 6.42 Å². The molecule has 0 spiro atoms. The Kier molecular flexibility index (Phi) is 4.07. The van der Waals surface area contributed by atoms with Crippen LogP contribution in [0.3, 0.4) is 0 Å². The highest BCUT2D eigenvalue weighted by Gasteiger charge is 2.03. The molecule has 0 aromatic heterocycles. The summed E-state index contributed by atoms with van der Waals surface area (Å²) in [6.07, 6.45) is 0.343. The number of rotatable bonds is 4. The zero-order valence-electron chi connectivity index (χ0n) is 9.90. The quantitative estimate of drug-likeness (QED) is 0.878. The molecule has 0 bridgehead atoms. The molecule has 0 aliphatic rings. The summed E-state index contributed by atoms with van der Waals surface area (Å²) in [5.41, 5.74) is 1.73. The van der Waals surface area contributed by atoms with Gasteiger partial charge in [-0.3, -0.25) is 4.79 Å². The fraction of sp³-hybridized carbons (Fsp3) is 0.133. The molecule has 2 rings (SSSR count). The molecular formula is C15H14FNO. The van der Waals surface area contributed by atoms with Crippen molar-refractivity contribution in [2.24, 2.45) is 0 Å². The van der Waals surface area contributed by atoms with Crippen molar-refractivity contribution in [3.63, 3.8) is 0 Å². The van der Waals surface area contributed by atoms with Crippen LogP contribution in [0, 0.1) is 5.82 Å². The largest absolute Gasteiger partial charge is 0.352 e. The molecule has 2 nitrogen and oxygen atoms in total. The lowest BCUT2D eigenvalue weighted by Crippen LogP contribution is -2.24. The van der Waals surface area contributed by atoms with Crippen molar-refractivity contribution in [2.75, 3.05) is 0 Å². The van der Waals surface area contributed by atoms with E-state index in [2.05, 4.69) is 5.32 Å². The van der Waals surface area contributed by atoms with Crippen LogP contribution in [0.4, 0.5) is 4.39 Å². The van der Waals surface area contributed by atoms with Gasteiger partial charge in [0.1, 0.15) is 5.82 Å². The Hall–Kier alpha value is -2.16. The van der Waals surface area contributed by atoms with E-state index >= 15 is 0 Å².